The van der Waals surface area contributed by atoms with Gasteiger partial charge in [-0.25, -0.2) is 9.97 Å². The number of esters is 1. The normalized spacial score (nSPS) is 16.6. The molecule has 0 unspecified atom stereocenters. The summed E-state index contributed by atoms with van der Waals surface area (Å²) in [7, 11) is 1.55. The number of aliphatic carboxylic acids is 1. The van der Waals surface area contributed by atoms with Gasteiger partial charge < -0.3 is 19.9 Å². The van der Waals surface area contributed by atoms with Gasteiger partial charge in [0.1, 0.15) is 17.3 Å². The zero-order valence-corrected chi connectivity index (χ0v) is 33.4. The van der Waals surface area contributed by atoms with Gasteiger partial charge in [-0.1, -0.05) is 65.7 Å². The average molecular weight is 814 g/mol. The van der Waals surface area contributed by atoms with E-state index in [1.807, 2.05) is 53.4 Å². The fourth-order valence-corrected chi connectivity index (χ4v) is 7.84. The molecule has 15 heteroatoms. The molecule has 5 aromatic rings. The SMILES string of the molecule is COc1nc(-c2cccc(-c3cccc(-c4ccn5c(=O)c(CN[C@H](C(=O)OC(C)(C)C)[C@@H]6CCC(=O)N6)cnc5c4)c3Cl)c2Cl)ccc1CN1CC(C(=O)O)C1. The van der Waals surface area contributed by atoms with Gasteiger partial charge in [0.2, 0.25) is 11.8 Å². The summed E-state index contributed by atoms with van der Waals surface area (Å²) in [6.07, 6.45) is 3.89. The van der Waals surface area contributed by atoms with E-state index in [9.17, 15) is 24.3 Å². The minimum atomic E-state index is -0.849. The van der Waals surface area contributed by atoms with Gasteiger partial charge in [0, 0.05) is 72.8 Å². The Morgan fingerprint density at radius 1 is 0.982 bits per heavy atom. The molecule has 7 rings (SSSR count). The monoisotopic (exact) mass is 812 g/mol. The third-order valence-corrected chi connectivity index (χ3v) is 10.9. The van der Waals surface area contributed by atoms with Crippen LogP contribution in [0, 0.1) is 5.92 Å². The predicted octanol–water partition coefficient (Wildman–Crippen LogP) is 6.00. The second-order valence-electron chi connectivity index (χ2n) is 15.3. The second kappa shape index (κ2) is 16.3. The highest BCUT2D eigenvalue weighted by Crippen LogP contribution is 2.42. The first-order valence-corrected chi connectivity index (χ1v) is 19.3. The average Bonchev–Trinajstić information content (AvgIpc) is 3.58. The molecule has 5 heterocycles. The maximum Gasteiger partial charge on any atom is 0.325 e. The van der Waals surface area contributed by atoms with Gasteiger partial charge in [-0.2, -0.15) is 0 Å². The highest BCUT2D eigenvalue weighted by molar-refractivity contribution is 6.39. The lowest BCUT2D eigenvalue weighted by atomic mass is 9.97. The molecular weight excluding hydrogens is 771 g/mol. The number of likely N-dealkylation sites (tertiary alicyclic amines) is 1. The summed E-state index contributed by atoms with van der Waals surface area (Å²) in [5, 5.41) is 16.1. The number of ether oxygens (including phenoxy) is 2. The Morgan fingerprint density at radius 2 is 1.67 bits per heavy atom. The number of methoxy groups -OCH3 is 1. The van der Waals surface area contributed by atoms with Crippen molar-refractivity contribution >= 4 is 46.7 Å². The predicted molar refractivity (Wildman–Crippen MR) is 216 cm³/mol. The topological polar surface area (TPSA) is 164 Å². The van der Waals surface area contributed by atoms with Crippen LogP contribution in [-0.2, 0) is 32.2 Å². The highest BCUT2D eigenvalue weighted by atomic mass is 35.5. The number of carboxylic acids is 1. The second-order valence-corrected chi connectivity index (χ2v) is 16.0. The highest BCUT2D eigenvalue weighted by Gasteiger charge is 2.36. The number of hydrogen-bond donors (Lipinski definition) is 3. The number of nitrogens with zero attached hydrogens (tertiary/aromatic N) is 4. The van der Waals surface area contributed by atoms with Crippen LogP contribution in [0.15, 0.2) is 77.9 Å². The molecule has 2 fully saturated rings. The maximum atomic E-state index is 13.6. The van der Waals surface area contributed by atoms with Crippen LogP contribution in [0.1, 0.15) is 44.7 Å². The quantitative estimate of drug-likeness (QED) is 0.127. The molecule has 296 valence electrons. The number of carboxylic acid groups (broad SMARTS) is 1. The van der Waals surface area contributed by atoms with Crippen molar-refractivity contribution in [3.63, 3.8) is 0 Å². The summed E-state index contributed by atoms with van der Waals surface area (Å²) in [6.45, 7) is 6.82. The molecule has 1 amide bonds. The summed E-state index contributed by atoms with van der Waals surface area (Å²) >= 11 is 14.2. The number of halogens is 2. The maximum absolute atomic E-state index is 13.6. The van der Waals surface area contributed by atoms with Crippen LogP contribution in [0.25, 0.3) is 39.2 Å². The van der Waals surface area contributed by atoms with Crippen LogP contribution in [0.4, 0.5) is 0 Å². The largest absolute Gasteiger partial charge is 0.481 e. The molecule has 0 saturated carbocycles. The number of fused-ring (bicyclic) bond motifs is 1. The summed E-state index contributed by atoms with van der Waals surface area (Å²) in [4.78, 5) is 61.3. The number of nitrogens with one attached hydrogen (secondary N) is 2. The third-order valence-electron chi connectivity index (χ3n) is 10.1. The van der Waals surface area contributed by atoms with E-state index < -0.39 is 29.6 Å². The summed E-state index contributed by atoms with van der Waals surface area (Å²) < 4.78 is 12.7. The van der Waals surface area contributed by atoms with Crippen molar-refractivity contribution in [1.29, 1.82) is 0 Å². The lowest BCUT2D eigenvalue weighted by Crippen LogP contribution is -2.52. The van der Waals surface area contributed by atoms with E-state index in [2.05, 4.69) is 15.6 Å². The molecule has 0 bridgehead atoms. The number of carbonyl (C=O) groups is 3. The Morgan fingerprint density at radius 3 is 2.32 bits per heavy atom. The van der Waals surface area contributed by atoms with Crippen molar-refractivity contribution in [2.24, 2.45) is 5.92 Å². The van der Waals surface area contributed by atoms with Gasteiger partial charge in [0.05, 0.1) is 40.4 Å². The minimum absolute atomic E-state index is 0.0283. The molecule has 3 aromatic heterocycles. The Hall–Kier alpha value is -5.34. The molecule has 13 nitrogen and oxygen atoms in total. The van der Waals surface area contributed by atoms with Crippen molar-refractivity contribution < 1.29 is 29.0 Å². The molecule has 0 radical (unpaired) electrons. The van der Waals surface area contributed by atoms with E-state index in [-0.39, 0.29) is 23.9 Å². The van der Waals surface area contributed by atoms with Crippen molar-refractivity contribution in [3.8, 4) is 39.4 Å². The molecule has 57 heavy (non-hydrogen) atoms. The number of carbonyl (C=O) groups excluding carboxylic acids is 2. The number of aromatic nitrogens is 3. The van der Waals surface area contributed by atoms with Crippen LogP contribution in [0.5, 0.6) is 5.88 Å². The summed E-state index contributed by atoms with van der Waals surface area (Å²) in [5.41, 5.74) is 4.64. The Labute approximate surface area is 338 Å². The fraction of sp³-hybridized carbons (Fsp3) is 0.333. The molecule has 2 aliphatic heterocycles. The first-order chi connectivity index (χ1) is 27.2. The smallest absolute Gasteiger partial charge is 0.325 e. The number of hydrogen-bond acceptors (Lipinski definition) is 10. The lowest BCUT2D eigenvalue weighted by molar-refractivity contribution is -0.158. The van der Waals surface area contributed by atoms with Gasteiger partial charge in [0.25, 0.3) is 5.56 Å². The first kappa shape index (κ1) is 39.9. The van der Waals surface area contributed by atoms with Gasteiger partial charge in [-0.15, -0.1) is 0 Å². The van der Waals surface area contributed by atoms with E-state index >= 15 is 0 Å². The number of rotatable bonds is 12. The van der Waals surface area contributed by atoms with Gasteiger partial charge in [0.15, 0.2) is 0 Å². The van der Waals surface area contributed by atoms with Crippen LogP contribution in [0.2, 0.25) is 10.0 Å². The number of pyridine rings is 2. The van der Waals surface area contributed by atoms with Crippen molar-refractivity contribution in [2.45, 2.75) is 64.4 Å². The molecule has 2 saturated heterocycles. The van der Waals surface area contributed by atoms with Gasteiger partial charge >= 0.3 is 11.9 Å². The van der Waals surface area contributed by atoms with E-state index in [0.717, 1.165) is 11.1 Å². The molecule has 2 aliphatic rings. The third kappa shape index (κ3) is 8.52. The van der Waals surface area contributed by atoms with Gasteiger partial charge in [-0.05, 0) is 51.0 Å². The van der Waals surface area contributed by atoms with Crippen LogP contribution in [-0.4, -0.2) is 80.1 Å². The zero-order valence-electron chi connectivity index (χ0n) is 31.8. The molecular formula is C42H42Cl2N6O7. The fourth-order valence-electron chi connectivity index (χ4n) is 7.18. The summed E-state index contributed by atoms with van der Waals surface area (Å²) in [6, 6.07) is 17.3. The van der Waals surface area contributed by atoms with Crippen molar-refractivity contribution in [3.05, 3.63) is 105 Å². The Kier molecular flexibility index (Phi) is 11.4. The standard InChI is InChI=1S/C42H42Cl2N6O7/c1-42(2,3)57-41(55)37(32-13-14-34(51)47-32)46-19-25-18-45-33-17-23(15-16-50(33)39(25)52)27-7-5-8-28(35(27)43)29-9-6-10-30(36(29)44)31-12-11-24(38(48-31)56-4)20-49-21-26(22-49)40(53)54/h5-12,15-18,26,32,37,46H,13-14,19-22H2,1-4H3,(H,47,51)(H,53,54)/t32-,37-/m0/s1. The summed E-state index contributed by atoms with van der Waals surface area (Å²) in [5.74, 6) is -1.36. The number of benzene rings is 2. The zero-order chi connectivity index (χ0) is 40.6. The van der Waals surface area contributed by atoms with Crippen LogP contribution >= 0.6 is 23.2 Å². The van der Waals surface area contributed by atoms with Gasteiger partial charge in [-0.3, -0.25) is 33.8 Å². The van der Waals surface area contributed by atoms with E-state index in [0.29, 0.717) is 87.6 Å². The van der Waals surface area contributed by atoms with E-state index in [1.165, 1.54) is 10.6 Å². The van der Waals surface area contributed by atoms with Crippen molar-refractivity contribution in [2.75, 3.05) is 20.2 Å². The van der Waals surface area contributed by atoms with E-state index in [4.69, 9.17) is 37.7 Å². The van der Waals surface area contributed by atoms with Crippen LogP contribution < -0.4 is 20.9 Å². The molecule has 3 N–H and O–H groups in total. The molecule has 0 spiro atoms. The molecule has 0 aliphatic carbocycles. The Balaban J connectivity index is 1.12. The Bertz CT molecular complexity index is 2440. The first-order valence-electron chi connectivity index (χ1n) is 18.5. The van der Waals surface area contributed by atoms with Crippen molar-refractivity contribution in [1.82, 2.24) is 29.9 Å². The van der Waals surface area contributed by atoms with Crippen LogP contribution in [0.3, 0.4) is 0 Å². The molecule has 2 atom stereocenters. The lowest BCUT2D eigenvalue weighted by Gasteiger charge is -2.36. The minimum Gasteiger partial charge on any atom is -0.481 e. The molecule has 2 aromatic carbocycles. The number of amides is 1. The van der Waals surface area contributed by atoms with E-state index in [1.54, 1.807) is 46.2 Å².